The Morgan fingerprint density at radius 1 is 1.26 bits per heavy atom. The van der Waals surface area contributed by atoms with Crippen molar-refractivity contribution in [2.45, 2.75) is 12.7 Å². The van der Waals surface area contributed by atoms with Crippen molar-refractivity contribution in [2.24, 2.45) is 0 Å². The molecule has 0 fully saturated rings. The Morgan fingerprint density at radius 2 is 1.84 bits per heavy atom. The molecule has 15 heteroatoms. The number of carboxylic acids is 1. The van der Waals surface area contributed by atoms with Crippen LogP contribution in [0.15, 0.2) is 36.9 Å². The average Bonchev–Trinajstić information content (AvgIpc) is 2.72. The summed E-state index contributed by atoms with van der Waals surface area (Å²) in [7, 11) is -1.14. The molecule has 0 N–H and O–H groups in total. The Morgan fingerprint density at radius 3 is 2.29 bits per heavy atom. The van der Waals surface area contributed by atoms with Gasteiger partial charge in [-0.2, -0.15) is 17.5 Å². The van der Waals surface area contributed by atoms with Gasteiger partial charge in [-0.05, 0) is 11.2 Å². The van der Waals surface area contributed by atoms with Crippen LogP contribution in [0, 0.1) is 0 Å². The lowest BCUT2D eigenvalue weighted by Gasteiger charge is -2.14. The van der Waals surface area contributed by atoms with Crippen LogP contribution in [0.25, 0.3) is 11.4 Å². The molecular weight excluding hydrogens is 447 g/mol. The number of carboxylic acid groups (broad SMARTS) is 1. The van der Waals surface area contributed by atoms with E-state index in [-0.39, 0.29) is 6.54 Å². The SMILES string of the molecule is COC(=O)CS(=O)(=O)N(C)CC[n+]1ccc(-c2ncccn2)cn1.O=C([O-])C(F)(F)F. The quantitative estimate of drug-likeness (QED) is 0.354. The molecule has 2 heterocycles. The summed E-state index contributed by atoms with van der Waals surface area (Å²) >= 11 is 0. The minimum atomic E-state index is -5.19. The zero-order valence-corrected chi connectivity index (χ0v) is 17.1. The van der Waals surface area contributed by atoms with Gasteiger partial charge in [-0.15, -0.1) is 0 Å². The van der Waals surface area contributed by atoms with Gasteiger partial charge in [0, 0.05) is 31.1 Å². The van der Waals surface area contributed by atoms with E-state index in [1.165, 1.54) is 7.05 Å². The fourth-order valence-corrected chi connectivity index (χ4v) is 2.79. The highest BCUT2D eigenvalue weighted by Gasteiger charge is 2.28. The Balaban J connectivity index is 0.000000592. The van der Waals surface area contributed by atoms with E-state index < -0.39 is 33.9 Å². The van der Waals surface area contributed by atoms with Gasteiger partial charge in [0.2, 0.25) is 10.0 Å². The van der Waals surface area contributed by atoms with Crippen LogP contribution in [0.2, 0.25) is 0 Å². The first-order valence-electron chi connectivity index (χ1n) is 8.29. The van der Waals surface area contributed by atoms with E-state index in [4.69, 9.17) is 9.90 Å². The third kappa shape index (κ3) is 9.00. The number of methoxy groups -OCH3 is 1. The maximum Gasteiger partial charge on any atom is 0.430 e. The van der Waals surface area contributed by atoms with Crippen molar-refractivity contribution in [1.82, 2.24) is 19.4 Å². The Bertz CT molecular complexity index is 971. The number of carbonyl (C=O) groups excluding carboxylic acids is 2. The molecule has 2 rings (SSSR count). The second kappa shape index (κ2) is 11.3. The van der Waals surface area contributed by atoms with Gasteiger partial charge in [0.1, 0.15) is 12.2 Å². The first-order valence-corrected chi connectivity index (χ1v) is 9.90. The van der Waals surface area contributed by atoms with E-state index in [1.54, 1.807) is 41.6 Å². The van der Waals surface area contributed by atoms with Gasteiger partial charge in [-0.25, -0.2) is 18.4 Å². The number of alkyl halides is 3. The molecule has 0 aliphatic heterocycles. The fraction of sp³-hybridized carbons (Fsp3) is 0.375. The maximum absolute atomic E-state index is 11.9. The van der Waals surface area contributed by atoms with E-state index in [9.17, 15) is 26.4 Å². The third-order valence-electron chi connectivity index (χ3n) is 3.47. The summed E-state index contributed by atoms with van der Waals surface area (Å²) in [5, 5.41) is 13.0. The van der Waals surface area contributed by atoms with Gasteiger partial charge >= 0.3 is 12.1 Å². The van der Waals surface area contributed by atoms with E-state index in [0.29, 0.717) is 12.4 Å². The molecule has 0 spiro atoms. The van der Waals surface area contributed by atoms with E-state index in [1.807, 2.05) is 0 Å². The lowest BCUT2D eigenvalue weighted by atomic mass is 10.3. The molecule has 0 unspecified atom stereocenters. The predicted octanol–water partition coefficient (Wildman–Crippen LogP) is -1.44. The number of halogens is 3. The van der Waals surface area contributed by atoms with Gasteiger partial charge in [-0.1, -0.05) is 4.68 Å². The number of likely N-dealkylation sites (N-methyl/N-ethyl adjacent to an activating group) is 1. The highest BCUT2D eigenvalue weighted by Crippen LogP contribution is 2.11. The molecule has 2 aromatic rings. The lowest BCUT2D eigenvalue weighted by Crippen LogP contribution is -2.44. The van der Waals surface area contributed by atoms with Crippen molar-refractivity contribution < 1.29 is 45.7 Å². The standard InChI is InChI=1S/C14H18N5O4S.C2HF3O2/c1-18(24(21,22)11-13(20)23-2)8-9-19-7-4-12(10-17-19)14-15-5-3-6-16-14;3-2(4,5)1(6)7/h3-7,10H,8-9,11H2,1-2H3;(H,6,7)/q+1;/p-1. The fourth-order valence-electron chi connectivity index (χ4n) is 1.80. The Hall–Kier alpha value is -3.20. The van der Waals surface area contributed by atoms with Gasteiger partial charge in [0.25, 0.3) is 0 Å². The van der Waals surface area contributed by atoms with Crippen molar-refractivity contribution in [1.29, 1.82) is 0 Å². The zero-order valence-electron chi connectivity index (χ0n) is 16.3. The molecule has 0 atom stereocenters. The molecule has 0 saturated carbocycles. The molecule has 0 aliphatic rings. The number of carbonyl (C=O) groups is 2. The van der Waals surface area contributed by atoms with Crippen LogP contribution in [-0.2, 0) is 30.9 Å². The minimum absolute atomic E-state index is 0.179. The van der Waals surface area contributed by atoms with E-state index in [0.717, 1.165) is 17.0 Å². The summed E-state index contributed by atoms with van der Waals surface area (Å²) < 4.78 is 62.5. The smallest absolute Gasteiger partial charge is 0.430 e. The van der Waals surface area contributed by atoms with Crippen molar-refractivity contribution >= 4 is 22.0 Å². The summed E-state index contributed by atoms with van der Waals surface area (Å²) in [5.74, 6) is -3.91. The summed E-state index contributed by atoms with van der Waals surface area (Å²) in [6.07, 6.45) is 1.42. The van der Waals surface area contributed by atoms with Gasteiger partial charge in [0.05, 0.1) is 13.7 Å². The highest BCUT2D eigenvalue weighted by molar-refractivity contribution is 7.89. The van der Waals surface area contributed by atoms with Crippen molar-refractivity contribution in [3.63, 3.8) is 0 Å². The average molecular weight is 465 g/mol. The number of ether oxygens (including phenoxy) is 1. The van der Waals surface area contributed by atoms with Gasteiger partial charge in [0.15, 0.2) is 24.3 Å². The maximum atomic E-state index is 11.9. The lowest BCUT2D eigenvalue weighted by molar-refractivity contribution is -0.752. The van der Waals surface area contributed by atoms with Crippen LogP contribution in [-0.4, -0.2) is 72.4 Å². The summed E-state index contributed by atoms with van der Waals surface area (Å²) in [4.78, 5) is 28.2. The summed E-state index contributed by atoms with van der Waals surface area (Å²) in [5.41, 5.74) is 0.763. The third-order valence-corrected chi connectivity index (χ3v) is 5.21. The molecule has 31 heavy (non-hydrogen) atoms. The molecule has 2 aromatic heterocycles. The normalized spacial score (nSPS) is 11.4. The first-order chi connectivity index (χ1) is 14.4. The number of aromatic nitrogens is 4. The van der Waals surface area contributed by atoms with E-state index in [2.05, 4.69) is 19.8 Å². The number of nitrogens with zero attached hydrogens (tertiary/aromatic N) is 5. The van der Waals surface area contributed by atoms with E-state index >= 15 is 0 Å². The highest BCUT2D eigenvalue weighted by atomic mass is 32.2. The van der Waals surface area contributed by atoms with Crippen LogP contribution >= 0.6 is 0 Å². The molecule has 0 saturated heterocycles. The van der Waals surface area contributed by atoms with Crippen LogP contribution in [0.5, 0.6) is 0 Å². The molecule has 0 radical (unpaired) electrons. The molecule has 0 aliphatic carbocycles. The Kier molecular flexibility index (Phi) is 9.39. The van der Waals surface area contributed by atoms with Crippen molar-refractivity contribution in [3.05, 3.63) is 36.9 Å². The summed E-state index contributed by atoms with van der Waals surface area (Å²) in [6, 6.07) is 3.52. The van der Waals surface area contributed by atoms with Crippen LogP contribution in [0.4, 0.5) is 13.2 Å². The molecular formula is C16H18F3N5O6S. The number of hydrogen-bond donors (Lipinski definition) is 0. The van der Waals surface area contributed by atoms with Crippen LogP contribution < -0.4 is 9.79 Å². The van der Waals surface area contributed by atoms with Crippen molar-refractivity contribution in [3.8, 4) is 11.4 Å². The largest absolute Gasteiger partial charge is 0.542 e. The zero-order chi connectivity index (χ0) is 23.7. The predicted molar refractivity (Wildman–Crippen MR) is 95.0 cm³/mol. The molecule has 170 valence electrons. The summed E-state index contributed by atoms with van der Waals surface area (Å²) in [6.45, 7) is 0.519. The molecule has 0 bridgehead atoms. The monoisotopic (exact) mass is 465 g/mol. The minimum Gasteiger partial charge on any atom is -0.542 e. The van der Waals surface area contributed by atoms with Crippen LogP contribution in [0.1, 0.15) is 0 Å². The number of sulfonamides is 1. The molecule has 0 aromatic carbocycles. The number of aliphatic carboxylic acids is 1. The number of esters is 1. The van der Waals surface area contributed by atoms with Gasteiger partial charge in [-0.3, -0.25) is 4.79 Å². The molecule has 11 nitrogen and oxygen atoms in total. The van der Waals surface area contributed by atoms with Crippen molar-refractivity contribution in [2.75, 3.05) is 26.5 Å². The Labute approximate surface area is 175 Å². The number of rotatable bonds is 7. The van der Waals surface area contributed by atoms with Gasteiger partial charge < -0.3 is 14.6 Å². The molecule has 0 amide bonds. The van der Waals surface area contributed by atoms with Crippen LogP contribution in [0.3, 0.4) is 0 Å². The second-order valence-corrected chi connectivity index (χ2v) is 7.77. The topological polar surface area (TPSA) is 146 Å². The first kappa shape index (κ1) is 25.8. The number of hydrogen-bond acceptors (Lipinski definition) is 9. The second-order valence-electron chi connectivity index (χ2n) is 5.69.